The second-order valence-electron chi connectivity index (χ2n) is 6.00. The van der Waals surface area contributed by atoms with Crippen molar-refractivity contribution in [1.29, 1.82) is 0 Å². The summed E-state index contributed by atoms with van der Waals surface area (Å²) in [6.45, 7) is 12.4. The van der Waals surface area contributed by atoms with Crippen LogP contribution in [0.1, 0.15) is 47.5 Å². The molecule has 0 saturated heterocycles. The second kappa shape index (κ2) is 7.37. The van der Waals surface area contributed by atoms with Gasteiger partial charge >= 0.3 is 0 Å². The van der Waals surface area contributed by atoms with Crippen LogP contribution in [0.4, 0.5) is 0 Å². The van der Waals surface area contributed by atoms with Gasteiger partial charge in [0.15, 0.2) is 0 Å². The third kappa shape index (κ3) is 9.60. The van der Waals surface area contributed by atoms with Gasteiger partial charge in [-0.25, -0.2) is 8.42 Å². The Bertz CT molecular complexity index is 295. The highest BCUT2D eigenvalue weighted by Crippen LogP contribution is 2.25. The van der Waals surface area contributed by atoms with Gasteiger partial charge in [0.25, 0.3) is 0 Å². The second-order valence-corrected chi connectivity index (χ2v) is 8.47. The average Bonchev–Trinajstić information content (AvgIpc) is 2.22. The summed E-state index contributed by atoms with van der Waals surface area (Å²) in [5, 5.41) is 3.40. The molecule has 0 unspecified atom stereocenters. The van der Waals surface area contributed by atoms with Crippen LogP contribution < -0.4 is 5.32 Å². The van der Waals surface area contributed by atoms with E-state index < -0.39 is 9.84 Å². The molecule has 0 amide bonds. The molecule has 4 heteroatoms. The molecule has 0 heterocycles. The van der Waals surface area contributed by atoms with Crippen LogP contribution in [0.25, 0.3) is 0 Å². The van der Waals surface area contributed by atoms with Gasteiger partial charge in [0.1, 0.15) is 9.84 Å². The van der Waals surface area contributed by atoms with Gasteiger partial charge in [0, 0.05) is 5.75 Å². The topological polar surface area (TPSA) is 46.2 Å². The predicted molar refractivity (Wildman–Crippen MR) is 75.1 cm³/mol. The molecule has 0 spiro atoms. The first kappa shape index (κ1) is 16.9. The van der Waals surface area contributed by atoms with E-state index in [4.69, 9.17) is 0 Å². The molecular weight excluding hydrogens is 234 g/mol. The third-order valence-corrected chi connectivity index (χ3v) is 4.77. The first-order valence-electron chi connectivity index (χ1n) is 6.59. The Labute approximate surface area is 107 Å². The van der Waals surface area contributed by atoms with E-state index in [0.717, 1.165) is 25.9 Å². The molecule has 104 valence electrons. The molecular formula is C13H29NO2S. The Morgan fingerprint density at radius 3 is 2.24 bits per heavy atom. The van der Waals surface area contributed by atoms with Gasteiger partial charge in [-0.2, -0.15) is 0 Å². The summed E-state index contributed by atoms with van der Waals surface area (Å²) >= 11 is 0. The van der Waals surface area contributed by atoms with Crippen molar-refractivity contribution in [2.24, 2.45) is 11.3 Å². The first-order chi connectivity index (χ1) is 7.68. The van der Waals surface area contributed by atoms with Crippen molar-refractivity contribution in [1.82, 2.24) is 5.32 Å². The Kier molecular flexibility index (Phi) is 7.33. The Morgan fingerprint density at radius 1 is 1.18 bits per heavy atom. The predicted octanol–water partition coefficient (Wildman–Crippen LogP) is 2.47. The van der Waals surface area contributed by atoms with Crippen LogP contribution in [0, 0.1) is 11.3 Å². The lowest BCUT2D eigenvalue weighted by molar-refractivity contribution is 0.313. The third-order valence-electron chi connectivity index (χ3n) is 3.06. The zero-order valence-corrected chi connectivity index (χ0v) is 12.9. The molecule has 0 radical (unpaired) electrons. The summed E-state index contributed by atoms with van der Waals surface area (Å²) < 4.78 is 22.9. The molecule has 0 aliphatic carbocycles. The van der Waals surface area contributed by atoms with Crippen LogP contribution in [0.15, 0.2) is 0 Å². The maximum Gasteiger partial charge on any atom is 0.150 e. The minimum absolute atomic E-state index is 0.103. The average molecular weight is 263 g/mol. The van der Waals surface area contributed by atoms with E-state index >= 15 is 0 Å². The van der Waals surface area contributed by atoms with Crippen LogP contribution in [0.5, 0.6) is 0 Å². The van der Waals surface area contributed by atoms with Crippen molar-refractivity contribution >= 4 is 9.84 Å². The van der Waals surface area contributed by atoms with Gasteiger partial charge in [0.05, 0.1) is 5.75 Å². The molecule has 0 bridgehead atoms. The molecule has 0 saturated carbocycles. The molecule has 0 aromatic heterocycles. The van der Waals surface area contributed by atoms with E-state index in [1.54, 1.807) is 6.92 Å². The molecule has 0 aliphatic rings. The maximum atomic E-state index is 11.4. The lowest BCUT2D eigenvalue weighted by Crippen LogP contribution is -2.27. The highest BCUT2D eigenvalue weighted by atomic mass is 32.2. The Hall–Kier alpha value is -0.0900. The van der Waals surface area contributed by atoms with E-state index in [2.05, 4.69) is 33.0 Å². The van der Waals surface area contributed by atoms with E-state index in [0.29, 0.717) is 11.7 Å². The molecule has 0 fully saturated rings. The first-order valence-corrected chi connectivity index (χ1v) is 8.42. The monoisotopic (exact) mass is 263 g/mol. The summed E-state index contributed by atoms with van der Waals surface area (Å²) in [7, 11) is -2.82. The fraction of sp³-hybridized carbons (Fsp3) is 1.00. The summed E-state index contributed by atoms with van der Waals surface area (Å²) in [4.78, 5) is 0. The number of hydrogen-bond donors (Lipinski definition) is 1. The summed E-state index contributed by atoms with van der Waals surface area (Å²) in [6.07, 6.45) is 1.78. The van der Waals surface area contributed by atoms with Gasteiger partial charge in [-0.15, -0.1) is 0 Å². The van der Waals surface area contributed by atoms with Gasteiger partial charge in [-0.3, -0.25) is 0 Å². The lowest BCUT2D eigenvalue weighted by atomic mass is 9.86. The molecule has 0 atom stereocenters. The number of sulfone groups is 1. The van der Waals surface area contributed by atoms with Crippen LogP contribution >= 0.6 is 0 Å². The van der Waals surface area contributed by atoms with Crippen molar-refractivity contribution in [3.63, 3.8) is 0 Å². The van der Waals surface area contributed by atoms with Crippen LogP contribution in [0.2, 0.25) is 0 Å². The summed E-state index contributed by atoms with van der Waals surface area (Å²) in [6, 6.07) is 0. The largest absolute Gasteiger partial charge is 0.316 e. The molecule has 0 aromatic carbocycles. The number of rotatable bonds is 9. The summed E-state index contributed by atoms with van der Waals surface area (Å²) in [5.74, 6) is 1.24. The molecule has 0 rings (SSSR count). The Balaban J connectivity index is 3.88. The minimum atomic E-state index is -2.82. The fourth-order valence-corrected chi connectivity index (χ4v) is 2.67. The van der Waals surface area contributed by atoms with Crippen LogP contribution in [0.3, 0.4) is 0 Å². The molecule has 17 heavy (non-hydrogen) atoms. The SMILES string of the molecule is CCS(=O)(=O)CCC(C)(C)CCNCC(C)C. The van der Waals surface area contributed by atoms with E-state index in [-0.39, 0.29) is 11.2 Å². The van der Waals surface area contributed by atoms with Gasteiger partial charge in [0.2, 0.25) is 0 Å². The van der Waals surface area contributed by atoms with Crippen LogP contribution in [-0.4, -0.2) is 33.0 Å². The maximum absolute atomic E-state index is 11.4. The van der Waals surface area contributed by atoms with Crippen molar-refractivity contribution in [3.05, 3.63) is 0 Å². The minimum Gasteiger partial charge on any atom is -0.316 e. The zero-order chi connectivity index (χ0) is 13.5. The summed E-state index contributed by atoms with van der Waals surface area (Å²) in [5.41, 5.74) is 0.103. The van der Waals surface area contributed by atoms with Crippen LogP contribution in [-0.2, 0) is 9.84 Å². The van der Waals surface area contributed by atoms with E-state index in [1.165, 1.54) is 0 Å². The van der Waals surface area contributed by atoms with Crippen molar-refractivity contribution in [3.8, 4) is 0 Å². The molecule has 0 aromatic rings. The highest BCUT2D eigenvalue weighted by Gasteiger charge is 2.20. The normalized spacial score (nSPS) is 13.3. The lowest BCUT2D eigenvalue weighted by Gasteiger charge is -2.24. The smallest absolute Gasteiger partial charge is 0.150 e. The molecule has 3 nitrogen and oxygen atoms in total. The number of nitrogens with one attached hydrogen (secondary N) is 1. The number of hydrogen-bond acceptors (Lipinski definition) is 3. The Morgan fingerprint density at radius 2 is 1.76 bits per heavy atom. The van der Waals surface area contributed by atoms with Gasteiger partial charge < -0.3 is 5.32 Å². The fourth-order valence-electron chi connectivity index (χ4n) is 1.52. The molecule has 1 N–H and O–H groups in total. The molecule has 0 aliphatic heterocycles. The zero-order valence-electron chi connectivity index (χ0n) is 12.0. The van der Waals surface area contributed by atoms with Gasteiger partial charge in [-0.1, -0.05) is 34.6 Å². The van der Waals surface area contributed by atoms with E-state index in [9.17, 15) is 8.42 Å². The standard InChI is InChI=1S/C13H29NO2S/c1-6-17(15,16)10-8-13(4,5)7-9-14-11-12(2)3/h12,14H,6-11H2,1-5H3. The highest BCUT2D eigenvalue weighted by molar-refractivity contribution is 7.91. The van der Waals surface area contributed by atoms with E-state index in [1.807, 2.05) is 0 Å². The van der Waals surface area contributed by atoms with Crippen molar-refractivity contribution < 1.29 is 8.42 Å². The quantitative estimate of drug-likeness (QED) is 0.650. The van der Waals surface area contributed by atoms with Crippen molar-refractivity contribution in [2.45, 2.75) is 47.5 Å². The van der Waals surface area contributed by atoms with Gasteiger partial charge in [-0.05, 0) is 37.3 Å². The van der Waals surface area contributed by atoms with Crippen molar-refractivity contribution in [2.75, 3.05) is 24.6 Å².